The quantitative estimate of drug-likeness (QED) is 0.849. The molecule has 2 saturated heterocycles. The highest BCUT2D eigenvalue weighted by atomic mass is 16.5. The lowest BCUT2D eigenvalue weighted by atomic mass is 9.89. The third-order valence-corrected chi connectivity index (χ3v) is 4.71. The molecule has 2 amide bonds. The summed E-state index contributed by atoms with van der Waals surface area (Å²) in [5.41, 5.74) is -1.09. The number of carbonyl (C=O) groups excluding carboxylic acids is 2. The number of hydrogen-bond acceptors (Lipinski definition) is 3. The number of nitrogens with one attached hydrogen (secondary N) is 1. The molecule has 2 heterocycles. The summed E-state index contributed by atoms with van der Waals surface area (Å²) in [5, 5.41) is 2.89. The Morgan fingerprint density at radius 2 is 2.05 bits per heavy atom. The molecule has 0 spiro atoms. The van der Waals surface area contributed by atoms with Gasteiger partial charge in [-0.05, 0) is 39.5 Å². The topological polar surface area (TPSA) is 58.6 Å². The second kappa shape index (κ2) is 5.35. The second-order valence-corrected chi connectivity index (χ2v) is 6.43. The molecule has 0 aromatic rings. The molecule has 2 fully saturated rings. The second-order valence-electron chi connectivity index (χ2n) is 6.43. The molecule has 5 heteroatoms. The Hall–Kier alpha value is -1.10. The summed E-state index contributed by atoms with van der Waals surface area (Å²) in [4.78, 5) is 26.8. The van der Waals surface area contributed by atoms with Crippen molar-refractivity contribution in [2.75, 3.05) is 13.2 Å². The van der Waals surface area contributed by atoms with Crippen molar-refractivity contribution < 1.29 is 14.3 Å². The zero-order chi connectivity index (χ0) is 15.0. The summed E-state index contributed by atoms with van der Waals surface area (Å²) in [7, 11) is 0. The molecule has 2 aliphatic rings. The molecule has 0 aromatic carbocycles. The van der Waals surface area contributed by atoms with Gasteiger partial charge < -0.3 is 15.0 Å². The highest BCUT2D eigenvalue weighted by Gasteiger charge is 2.48. The SMILES string of the molecule is CCC1C(=O)NC(C)(CC)C(=O)N1CC1(C)CCCO1. The Morgan fingerprint density at radius 3 is 2.55 bits per heavy atom. The van der Waals surface area contributed by atoms with E-state index < -0.39 is 5.54 Å². The van der Waals surface area contributed by atoms with Crippen molar-refractivity contribution in [2.24, 2.45) is 0 Å². The van der Waals surface area contributed by atoms with Crippen LogP contribution in [0.2, 0.25) is 0 Å². The van der Waals surface area contributed by atoms with Crippen molar-refractivity contribution in [3.63, 3.8) is 0 Å². The number of ether oxygens (including phenoxy) is 1. The van der Waals surface area contributed by atoms with Crippen molar-refractivity contribution in [1.29, 1.82) is 0 Å². The standard InChI is InChI=1S/C15H26N2O3/c1-5-11-12(18)16-15(4,6-2)13(19)17(11)10-14(3)8-7-9-20-14/h11H,5-10H2,1-4H3,(H,16,18). The van der Waals surface area contributed by atoms with Crippen LogP contribution in [0.5, 0.6) is 0 Å². The molecule has 3 unspecified atom stereocenters. The molecule has 1 N–H and O–H groups in total. The van der Waals surface area contributed by atoms with Gasteiger partial charge in [0.15, 0.2) is 0 Å². The summed E-state index contributed by atoms with van der Waals surface area (Å²) < 4.78 is 5.80. The van der Waals surface area contributed by atoms with E-state index in [1.807, 2.05) is 27.7 Å². The maximum absolute atomic E-state index is 12.8. The van der Waals surface area contributed by atoms with Gasteiger partial charge in [-0.25, -0.2) is 0 Å². The number of amides is 2. The molecule has 3 atom stereocenters. The first kappa shape index (κ1) is 15.3. The van der Waals surface area contributed by atoms with Crippen molar-refractivity contribution in [3.05, 3.63) is 0 Å². The van der Waals surface area contributed by atoms with E-state index in [1.54, 1.807) is 4.90 Å². The van der Waals surface area contributed by atoms with Gasteiger partial charge in [0.25, 0.3) is 0 Å². The van der Waals surface area contributed by atoms with Crippen LogP contribution in [-0.4, -0.2) is 47.0 Å². The monoisotopic (exact) mass is 282 g/mol. The molecule has 0 aromatic heterocycles. The van der Waals surface area contributed by atoms with Gasteiger partial charge in [-0.15, -0.1) is 0 Å². The first-order chi connectivity index (χ1) is 9.35. The summed E-state index contributed by atoms with van der Waals surface area (Å²) in [6.45, 7) is 8.97. The van der Waals surface area contributed by atoms with Gasteiger partial charge in [0.1, 0.15) is 11.6 Å². The van der Waals surface area contributed by atoms with Crippen LogP contribution in [0.25, 0.3) is 0 Å². The van der Waals surface area contributed by atoms with E-state index in [-0.39, 0.29) is 23.5 Å². The van der Waals surface area contributed by atoms with Gasteiger partial charge in [0, 0.05) is 6.61 Å². The van der Waals surface area contributed by atoms with Gasteiger partial charge in [-0.1, -0.05) is 13.8 Å². The van der Waals surface area contributed by atoms with Crippen molar-refractivity contribution >= 4 is 11.8 Å². The molecule has 0 bridgehead atoms. The minimum absolute atomic E-state index is 0.0168. The lowest BCUT2D eigenvalue weighted by Crippen LogP contribution is -2.70. The van der Waals surface area contributed by atoms with Crippen LogP contribution in [-0.2, 0) is 14.3 Å². The average molecular weight is 282 g/mol. The maximum Gasteiger partial charge on any atom is 0.248 e. The van der Waals surface area contributed by atoms with Crippen LogP contribution in [0.4, 0.5) is 0 Å². The number of carbonyl (C=O) groups is 2. The molecule has 2 rings (SSSR count). The number of rotatable bonds is 4. The lowest BCUT2D eigenvalue weighted by Gasteiger charge is -2.46. The van der Waals surface area contributed by atoms with Crippen LogP contribution in [0.3, 0.4) is 0 Å². The van der Waals surface area contributed by atoms with Crippen molar-refractivity contribution in [3.8, 4) is 0 Å². The zero-order valence-electron chi connectivity index (χ0n) is 13.0. The molecule has 2 aliphatic heterocycles. The third-order valence-electron chi connectivity index (χ3n) is 4.71. The number of piperazine rings is 1. The fourth-order valence-electron chi connectivity index (χ4n) is 3.16. The summed E-state index contributed by atoms with van der Waals surface area (Å²) in [6, 6.07) is -0.372. The zero-order valence-corrected chi connectivity index (χ0v) is 13.0. The Morgan fingerprint density at radius 1 is 1.35 bits per heavy atom. The fraction of sp³-hybridized carbons (Fsp3) is 0.867. The molecule has 114 valence electrons. The van der Waals surface area contributed by atoms with E-state index in [0.717, 1.165) is 19.4 Å². The summed E-state index contributed by atoms with van der Waals surface area (Å²) in [6.07, 6.45) is 3.19. The maximum atomic E-state index is 12.8. The van der Waals surface area contributed by atoms with Gasteiger partial charge >= 0.3 is 0 Å². The highest BCUT2D eigenvalue weighted by Crippen LogP contribution is 2.30. The molecule has 5 nitrogen and oxygen atoms in total. The van der Waals surface area contributed by atoms with E-state index in [1.165, 1.54) is 0 Å². The predicted molar refractivity (Wildman–Crippen MR) is 76.2 cm³/mol. The Bertz CT molecular complexity index is 404. The summed E-state index contributed by atoms with van der Waals surface area (Å²) in [5.74, 6) is -0.0266. The minimum Gasteiger partial charge on any atom is -0.373 e. The normalized spacial score (nSPS) is 38.2. The number of nitrogens with zero attached hydrogens (tertiary/aromatic N) is 1. The van der Waals surface area contributed by atoms with E-state index in [4.69, 9.17) is 4.74 Å². The Labute approximate surface area is 121 Å². The van der Waals surface area contributed by atoms with E-state index in [9.17, 15) is 9.59 Å². The molecule has 0 aliphatic carbocycles. The lowest BCUT2D eigenvalue weighted by molar-refractivity contribution is -0.158. The molecule has 0 radical (unpaired) electrons. The van der Waals surface area contributed by atoms with Gasteiger partial charge in [0.05, 0.1) is 12.1 Å². The number of hydrogen-bond donors (Lipinski definition) is 1. The largest absolute Gasteiger partial charge is 0.373 e. The smallest absolute Gasteiger partial charge is 0.248 e. The Balaban J connectivity index is 2.25. The molecule has 20 heavy (non-hydrogen) atoms. The van der Waals surface area contributed by atoms with Gasteiger partial charge in [-0.2, -0.15) is 0 Å². The predicted octanol–water partition coefficient (Wildman–Crippen LogP) is 1.46. The van der Waals surface area contributed by atoms with Crippen LogP contribution >= 0.6 is 0 Å². The van der Waals surface area contributed by atoms with Crippen molar-refractivity contribution in [1.82, 2.24) is 10.2 Å². The van der Waals surface area contributed by atoms with E-state index in [0.29, 0.717) is 19.4 Å². The fourth-order valence-corrected chi connectivity index (χ4v) is 3.16. The Kier molecular flexibility index (Phi) is 4.09. The highest BCUT2D eigenvalue weighted by molar-refractivity contribution is 5.99. The van der Waals surface area contributed by atoms with Crippen LogP contribution < -0.4 is 5.32 Å². The van der Waals surface area contributed by atoms with E-state index >= 15 is 0 Å². The van der Waals surface area contributed by atoms with Crippen LogP contribution in [0.1, 0.15) is 53.4 Å². The molecular weight excluding hydrogens is 256 g/mol. The van der Waals surface area contributed by atoms with E-state index in [2.05, 4.69) is 5.32 Å². The van der Waals surface area contributed by atoms with Gasteiger partial charge in [0.2, 0.25) is 11.8 Å². The first-order valence-corrected chi connectivity index (χ1v) is 7.62. The third kappa shape index (κ3) is 2.55. The molecular formula is C15H26N2O3. The average Bonchev–Trinajstić information content (AvgIpc) is 2.83. The van der Waals surface area contributed by atoms with Crippen LogP contribution in [0, 0.1) is 0 Å². The van der Waals surface area contributed by atoms with Crippen molar-refractivity contribution in [2.45, 2.75) is 70.6 Å². The molecule has 0 saturated carbocycles. The minimum atomic E-state index is -0.780. The first-order valence-electron chi connectivity index (χ1n) is 7.62. The summed E-state index contributed by atoms with van der Waals surface area (Å²) >= 11 is 0. The van der Waals surface area contributed by atoms with Gasteiger partial charge in [-0.3, -0.25) is 9.59 Å². The van der Waals surface area contributed by atoms with Crippen LogP contribution in [0.15, 0.2) is 0 Å².